The summed E-state index contributed by atoms with van der Waals surface area (Å²) in [4.78, 5) is 0. The van der Waals surface area contributed by atoms with Gasteiger partial charge in [0.05, 0.1) is 0 Å². The molecule has 0 unspecified atom stereocenters. The van der Waals surface area contributed by atoms with E-state index in [1.165, 1.54) is 0 Å². The Hall–Kier alpha value is 1.59. The molecule has 0 aromatic carbocycles. The molecule has 0 aromatic rings. The van der Waals surface area contributed by atoms with Gasteiger partial charge in [-0.05, 0) is 0 Å². The van der Waals surface area contributed by atoms with Gasteiger partial charge in [0.2, 0.25) is 0 Å². The van der Waals surface area contributed by atoms with Crippen molar-refractivity contribution >= 4 is 54.6 Å². The molecule has 2 aliphatic heterocycles. The van der Waals surface area contributed by atoms with Crippen molar-refractivity contribution in [2.75, 3.05) is 0 Å². The SMILES string of the molecule is C[Si]1(C)CC[Si](C)(C)[N]1[Sn][N]1[Si](C)(C)CC[Si]1(C)C. The average Bonchev–Trinajstić information content (AvgIpc) is 2.55. The summed E-state index contributed by atoms with van der Waals surface area (Å²) in [7, 11) is -4.10. The van der Waals surface area contributed by atoms with Gasteiger partial charge in [-0.15, -0.1) is 0 Å². The summed E-state index contributed by atoms with van der Waals surface area (Å²) in [6.45, 7) is 21.3. The van der Waals surface area contributed by atoms with Crippen molar-refractivity contribution in [1.29, 1.82) is 0 Å². The molecule has 2 rings (SSSR count). The topological polar surface area (TPSA) is 6.48 Å². The van der Waals surface area contributed by atoms with Crippen molar-refractivity contribution < 1.29 is 0 Å². The minimum absolute atomic E-state index is 0.474. The van der Waals surface area contributed by atoms with Gasteiger partial charge in [-0.3, -0.25) is 0 Å². The first-order valence-corrected chi connectivity index (χ1v) is 22.9. The van der Waals surface area contributed by atoms with E-state index >= 15 is 0 Å². The van der Waals surface area contributed by atoms with Crippen molar-refractivity contribution in [3.63, 3.8) is 0 Å². The summed E-state index contributed by atoms with van der Waals surface area (Å²) >= 11 is -0.474. The van der Waals surface area contributed by atoms with Gasteiger partial charge in [-0.25, -0.2) is 0 Å². The van der Waals surface area contributed by atoms with Gasteiger partial charge in [0.1, 0.15) is 0 Å². The molecular weight excluding hydrogens is 403 g/mol. The molecule has 2 fully saturated rings. The first-order chi connectivity index (χ1) is 8.39. The Morgan fingerprint density at radius 2 is 0.737 bits per heavy atom. The number of hydrogen-bond donors (Lipinski definition) is 0. The molecule has 0 atom stereocenters. The normalized spacial score (nSPS) is 32.8. The Morgan fingerprint density at radius 1 is 0.526 bits per heavy atom. The molecule has 2 heterocycles. The van der Waals surface area contributed by atoms with Crippen LogP contribution in [-0.2, 0) is 0 Å². The van der Waals surface area contributed by atoms with Crippen LogP contribution in [0.3, 0.4) is 0 Å². The van der Waals surface area contributed by atoms with E-state index in [9.17, 15) is 0 Å². The summed E-state index contributed by atoms with van der Waals surface area (Å²) < 4.78 is 6.52. The number of hydrogen-bond acceptors (Lipinski definition) is 2. The Labute approximate surface area is 135 Å². The molecule has 110 valence electrons. The van der Waals surface area contributed by atoms with Crippen molar-refractivity contribution in [2.45, 2.75) is 76.6 Å². The Bertz CT molecular complexity index is 305. The quantitative estimate of drug-likeness (QED) is 0.606. The van der Waals surface area contributed by atoms with Crippen LogP contribution in [0.25, 0.3) is 0 Å². The van der Waals surface area contributed by atoms with Crippen LogP contribution in [0.1, 0.15) is 0 Å². The van der Waals surface area contributed by atoms with Crippen LogP contribution in [0.5, 0.6) is 0 Å². The predicted molar refractivity (Wildman–Crippen MR) is 98.6 cm³/mol. The maximum absolute atomic E-state index is 3.26. The molecule has 0 N–H and O–H groups in total. The van der Waals surface area contributed by atoms with Crippen molar-refractivity contribution in [1.82, 2.24) is 4.91 Å². The molecule has 7 heteroatoms. The van der Waals surface area contributed by atoms with E-state index in [0.717, 1.165) is 0 Å². The average molecular weight is 435 g/mol. The summed E-state index contributed by atoms with van der Waals surface area (Å²) in [5.74, 6) is 0. The van der Waals surface area contributed by atoms with Crippen LogP contribution in [0, 0.1) is 0 Å². The van der Waals surface area contributed by atoms with Crippen LogP contribution in [0.15, 0.2) is 0 Å². The molecule has 0 bridgehead atoms. The zero-order chi connectivity index (χ0) is 14.7. The molecule has 2 radical (unpaired) electrons. The summed E-state index contributed by atoms with van der Waals surface area (Å²) in [5.41, 5.74) is 0. The van der Waals surface area contributed by atoms with E-state index in [-0.39, 0.29) is 0 Å². The van der Waals surface area contributed by atoms with Gasteiger partial charge in [-0.2, -0.15) is 0 Å². The zero-order valence-corrected chi connectivity index (χ0v) is 21.1. The third-order valence-corrected chi connectivity index (χ3v) is 48.9. The monoisotopic (exact) mass is 436 g/mol. The van der Waals surface area contributed by atoms with E-state index in [4.69, 9.17) is 0 Å². The fourth-order valence-corrected chi connectivity index (χ4v) is 49.2. The van der Waals surface area contributed by atoms with Gasteiger partial charge in [0.25, 0.3) is 0 Å². The van der Waals surface area contributed by atoms with Crippen LogP contribution < -0.4 is 0 Å². The van der Waals surface area contributed by atoms with Crippen LogP contribution in [0.2, 0.25) is 76.6 Å². The van der Waals surface area contributed by atoms with Gasteiger partial charge >= 0.3 is 136 Å². The fraction of sp³-hybridized carbons (Fsp3) is 1.00. The van der Waals surface area contributed by atoms with Crippen LogP contribution in [-0.4, -0.2) is 59.5 Å². The van der Waals surface area contributed by atoms with E-state index in [1.54, 1.807) is 24.2 Å². The molecule has 0 aromatic heterocycles. The van der Waals surface area contributed by atoms with E-state index < -0.39 is 54.6 Å². The minimum atomic E-state index is -1.02. The Morgan fingerprint density at radius 3 is 0.947 bits per heavy atom. The second-order valence-electron chi connectivity index (χ2n) is 9.02. The van der Waals surface area contributed by atoms with Crippen LogP contribution >= 0.6 is 0 Å². The predicted octanol–water partition coefficient (Wildman–Crippen LogP) is 3.97. The first-order valence-electron chi connectivity index (χ1n) is 7.76. The summed E-state index contributed by atoms with van der Waals surface area (Å²) in [5, 5.41) is 0. The van der Waals surface area contributed by atoms with Crippen molar-refractivity contribution in [3.8, 4) is 0 Å². The molecule has 0 saturated carbocycles. The Balaban J connectivity index is 2.24. The Kier molecular flexibility index (Phi) is 4.51. The molecule has 2 aliphatic rings. The van der Waals surface area contributed by atoms with Crippen molar-refractivity contribution in [2.24, 2.45) is 0 Å². The molecule has 2 nitrogen and oxygen atoms in total. The van der Waals surface area contributed by atoms with E-state index in [0.29, 0.717) is 0 Å². The standard InChI is InChI=1S/2C6H16NSi2.Sn/c2*1-8(2)5-6-9(3,4)7-8;/h2*5-6H2,1-4H3;/q2*-1;+2. The second-order valence-corrected chi connectivity index (χ2v) is 36.4. The molecule has 0 aliphatic carbocycles. The van der Waals surface area contributed by atoms with Gasteiger partial charge in [-0.1, -0.05) is 0 Å². The van der Waals surface area contributed by atoms with Gasteiger partial charge < -0.3 is 0 Å². The zero-order valence-electron chi connectivity index (χ0n) is 14.2. The molecule has 2 saturated heterocycles. The van der Waals surface area contributed by atoms with E-state index in [1.807, 2.05) is 0 Å². The number of nitrogens with zero attached hydrogens (tertiary/aromatic N) is 2. The summed E-state index contributed by atoms with van der Waals surface area (Å²) in [6.07, 6.45) is 0. The summed E-state index contributed by atoms with van der Waals surface area (Å²) in [6, 6.07) is 6.35. The van der Waals surface area contributed by atoms with Crippen molar-refractivity contribution in [3.05, 3.63) is 0 Å². The molecule has 19 heavy (non-hydrogen) atoms. The van der Waals surface area contributed by atoms with Gasteiger partial charge in [0.15, 0.2) is 0 Å². The molecular formula is C12H32N2Si4Sn. The number of rotatable bonds is 2. The third-order valence-electron chi connectivity index (χ3n) is 5.32. The van der Waals surface area contributed by atoms with Crippen LogP contribution in [0.4, 0.5) is 0 Å². The molecule has 0 amide bonds. The fourth-order valence-electron chi connectivity index (χ4n) is 3.95. The first kappa shape index (κ1) is 16.9. The van der Waals surface area contributed by atoms with Gasteiger partial charge in [0, 0.05) is 0 Å². The third kappa shape index (κ3) is 3.19. The maximum atomic E-state index is 3.26. The van der Waals surface area contributed by atoms with E-state index in [2.05, 4.69) is 57.3 Å². The second kappa shape index (κ2) is 5.05. The molecule has 0 spiro atoms.